The highest BCUT2D eigenvalue weighted by atomic mass is 32.2. The highest BCUT2D eigenvalue weighted by Crippen LogP contribution is 2.35. The molecule has 0 aliphatic heterocycles. The fraction of sp³-hybridized carbons (Fsp3) is 0.435. The third-order valence-corrected chi connectivity index (χ3v) is 7.55. The van der Waals surface area contributed by atoms with E-state index in [1.54, 1.807) is 12.1 Å². The van der Waals surface area contributed by atoms with Crippen LogP contribution in [0.1, 0.15) is 66.1 Å². The lowest BCUT2D eigenvalue weighted by Crippen LogP contribution is -2.33. The normalized spacial score (nSPS) is 16.6. The molecule has 0 fully saturated rings. The first-order valence-corrected chi connectivity index (χ1v) is 11.8. The molecule has 3 rings (SSSR count). The summed E-state index contributed by atoms with van der Waals surface area (Å²) in [6, 6.07) is 13.1. The number of carbonyl (C=O) groups excluding carboxylic acids is 1. The van der Waals surface area contributed by atoms with Crippen LogP contribution in [0, 0.1) is 0 Å². The Labute approximate surface area is 174 Å². The Bertz CT molecular complexity index is 979. The number of hydrogen-bond acceptors (Lipinski definition) is 3. The van der Waals surface area contributed by atoms with E-state index >= 15 is 0 Å². The van der Waals surface area contributed by atoms with Crippen molar-refractivity contribution in [1.82, 2.24) is 4.31 Å². The van der Waals surface area contributed by atoms with E-state index in [2.05, 4.69) is 12.1 Å². The van der Waals surface area contributed by atoms with Gasteiger partial charge in [0.25, 0.3) is 0 Å². The molecule has 0 saturated heterocycles. The van der Waals surface area contributed by atoms with Crippen molar-refractivity contribution >= 4 is 15.9 Å². The van der Waals surface area contributed by atoms with Gasteiger partial charge in [0.15, 0.2) is 0 Å². The number of amides is 1. The molecule has 1 amide bonds. The second kappa shape index (κ2) is 9.09. The zero-order valence-electron chi connectivity index (χ0n) is 17.2. The number of sulfonamides is 1. The lowest BCUT2D eigenvalue weighted by atomic mass is 9.79. The molecule has 5 nitrogen and oxygen atoms in total. The van der Waals surface area contributed by atoms with Crippen LogP contribution < -0.4 is 5.73 Å². The molecule has 0 heterocycles. The Hall–Kier alpha value is -2.18. The molecule has 2 aromatic carbocycles. The number of fused-ring (bicyclic) bond motifs is 1. The first-order chi connectivity index (χ1) is 13.9. The van der Waals surface area contributed by atoms with Crippen molar-refractivity contribution in [2.24, 2.45) is 5.73 Å². The summed E-state index contributed by atoms with van der Waals surface area (Å²) in [7, 11) is -3.61. The molecular formula is C23H30N2O3S. The van der Waals surface area contributed by atoms with Crippen LogP contribution in [-0.2, 0) is 22.9 Å². The summed E-state index contributed by atoms with van der Waals surface area (Å²) >= 11 is 0. The van der Waals surface area contributed by atoms with Crippen molar-refractivity contribution in [2.75, 3.05) is 13.1 Å². The molecule has 0 radical (unpaired) electrons. The van der Waals surface area contributed by atoms with Gasteiger partial charge >= 0.3 is 0 Å². The fourth-order valence-corrected chi connectivity index (χ4v) is 5.89. The van der Waals surface area contributed by atoms with Gasteiger partial charge in [0.2, 0.25) is 15.9 Å². The molecule has 0 aromatic heterocycles. The monoisotopic (exact) mass is 414 g/mol. The maximum atomic E-state index is 13.2. The van der Waals surface area contributed by atoms with Crippen LogP contribution in [0.15, 0.2) is 47.4 Å². The third kappa shape index (κ3) is 4.54. The standard InChI is InChI=1S/C23H30N2O3S/c1-3-13-25(14-4-2)29(27,28)20-11-12-21(23(24)26)22(16-20)19-10-9-17-7-5-6-8-18(17)15-19/h5-8,11-12,16,19H,3-4,9-10,13-15H2,1-2H3,(H2,24,26). The third-order valence-electron chi connectivity index (χ3n) is 5.66. The van der Waals surface area contributed by atoms with Gasteiger partial charge in [-0.1, -0.05) is 38.1 Å². The van der Waals surface area contributed by atoms with E-state index in [9.17, 15) is 13.2 Å². The highest BCUT2D eigenvalue weighted by molar-refractivity contribution is 7.89. The van der Waals surface area contributed by atoms with Gasteiger partial charge in [-0.2, -0.15) is 4.31 Å². The van der Waals surface area contributed by atoms with Crippen LogP contribution in [0.3, 0.4) is 0 Å². The number of primary amides is 1. The quantitative estimate of drug-likeness (QED) is 0.712. The zero-order chi connectivity index (χ0) is 21.0. The summed E-state index contributed by atoms with van der Waals surface area (Å²) in [6.07, 6.45) is 4.07. The summed E-state index contributed by atoms with van der Waals surface area (Å²) in [5.41, 5.74) is 9.38. The van der Waals surface area contributed by atoms with Gasteiger partial charge in [0, 0.05) is 18.7 Å². The van der Waals surface area contributed by atoms with Crippen molar-refractivity contribution in [1.29, 1.82) is 0 Å². The van der Waals surface area contributed by atoms with Crippen LogP contribution >= 0.6 is 0 Å². The number of nitrogens with two attached hydrogens (primary N) is 1. The number of rotatable bonds is 8. The Morgan fingerprint density at radius 3 is 2.34 bits per heavy atom. The average molecular weight is 415 g/mol. The van der Waals surface area contributed by atoms with Crippen molar-refractivity contribution in [3.63, 3.8) is 0 Å². The summed E-state index contributed by atoms with van der Waals surface area (Å²) in [5.74, 6) is -0.435. The van der Waals surface area contributed by atoms with Gasteiger partial charge in [-0.05, 0) is 72.9 Å². The number of aryl methyl sites for hydroxylation is 1. The summed E-state index contributed by atoms with van der Waals surface area (Å²) in [4.78, 5) is 12.3. The second-order valence-electron chi connectivity index (χ2n) is 7.73. The van der Waals surface area contributed by atoms with E-state index in [4.69, 9.17) is 5.73 Å². The number of nitrogens with zero attached hydrogens (tertiary/aromatic N) is 1. The lowest BCUT2D eigenvalue weighted by molar-refractivity contribution is 0.0998. The number of carbonyl (C=O) groups is 1. The summed E-state index contributed by atoms with van der Waals surface area (Å²) in [6.45, 7) is 4.91. The molecule has 1 atom stereocenters. The van der Waals surface area contributed by atoms with Crippen LogP contribution in [0.4, 0.5) is 0 Å². The molecule has 29 heavy (non-hydrogen) atoms. The van der Waals surface area contributed by atoms with Crippen LogP contribution in [0.25, 0.3) is 0 Å². The van der Waals surface area contributed by atoms with E-state index < -0.39 is 15.9 Å². The Morgan fingerprint density at radius 2 is 1.72 bits per heavy atom. The van der Waals surface area contributed by atoms with Crippen molar-refractivity contribution in [3.8, 4) is 0 Å². The largest absolute Gasteiger partial charge is 0.366 e. The fourth-order valence-electron chi connectivity index (χ4n) is 4.23. The Morgan fingerprint density at radius 1 is 1.07 bits per heavy atom. The minimum Gasteiger partial charge on any atom is -0.366 e. The van der Waals surface area contributed by atoms with Crippen molar-refractivity contribution < 1.29 is 13.2 Å². The average Bonchev–Trinajstić information content (AvgIpc) is 2.72. The molecule has 0 saturated carbocycles. The SMILES string of the molecule is CCCN(CCC)S(=O)(=O)c1ccc(C(N)=O)c(C2CCc3ccccc3C2)c1. The van der Waals surface area contributed by atoms with E-state index in [0.29, 0.717) is 18.7 Å². The lowest BCUT2D eigenvalue weighted by Gasteiger charge is -2.27. The second-order valence-corrected chi connectivity index (χ2v) is 9.66. The predicted molar refractivity (Wildman–Crippen MR) is 116 cm³/mol. The van der Waals surface area contributed by atoms with Gasteiger partial charge in [0.1, 0.15) is 0 Å². The van der Waals surface area contributed by atoms with Crippen LogP contribution in [-0.4, -0.2) is 31.7 Å². The molecule has 2 aromatic rings. The van der Waals surface area contributed by atoms with Gasteiger partial charge in [-0.25, -0.2) is 8.42 Å². The van der Waals surface area contributed by atoms with Gasteiger partial charge < -0.3 is 5.73 Å². The maximum absolute atomic E-state index is 13.2. The van der Waals surface area contributed by atoms with E-state index in [1.165, 1.54) is 21.5 Å². The minimum atomic E-state index is -3.61. The van der Waals surface area contributed by atoms with Crippen LogP contribution in [0.2, 0.25) is 0 Å². The molecule has 1 unspecified atom stereocenters. The van der Waals surface area contributed by atoms with Gasteiger partial charge in [-0.3, -0.25) is 4.79 Å². The van der Waals surface area contributed by atoms with Crippen molar-refractivity contribution in [3.05, 3.63) is 64.7 Å². The van der Waals surface area contributed by atoms with E-state index in [-0.39, 0.29) is 10.8 Å². The molecular weight excluding hydrogens is 384 g/mol. The van der Waals surface area contributed by atoms with E-state index in [0.717, 1.165) is 37.7 Å². The predicted octanol–water partition coefficient (Wildman–Crippen LogP) is 3.87. The first kappa shape index (κ1) is 21.5. The molecule has 1 aliphatic carbocycles. The number of benzene rings is 2. The number of hydrogen-bond donors (Lipinski definition) is 1. The smallest absolute Gasteiger partial charge is 0.248 e. The van der Waals surface area contributed by atoms with E-state index in [1.807, 2.05) is 26.0 Å². The molecule has 156 valence electrons. The van der Waals surface area contributed by atoms with Gasteiger partial charge in [-0.15, -0.1) is 0 Å². The summed E-state index contributed by atoms with van der Waals surface area (Å²) < 4.78 is 28.0. The minimum absolute atomic E-state index is 0.0772. The maximum Gasteiger partial charge on any atom is 0.248 e. The topological polar surface area (TPSA) is 80.5 Å². The van der Waals surface area contributed by atoms with Crippen LogP contribution in [0.5, 0.6) is 0 Å². The summed E-state index contributed by atoms with van der Waals surface area (Å²) in [5, 5.41) is 0. The molecule has 0 bridgehead atoms. The molecule has 1 aliphatic rings. The molecule has 6 heteroatoms. The van der Waals surface area contributed by atoms with Crippen molar-refractivity contribution in [2.45, 2.75) is 56.8 Å². The Balaban J connectivity index is 2.02. The Kier molecular flexibility index (Phi) is 6.75. The molecule has 0 spiro atoms. The highest BCUT2D eigenvalue weighted by Gasteiger charge is 2.28. The zero-order valence-corrected chi connectivity index (χ0v) is 18.0. The van der Waals surface area contributed by atoms with Gasteiger partial charge in [0.05, 0.1) is 4.90 Å². The molecule has 2 N–H and O–H groups in total. The first-order valence-electron chi connectivity index (χ1n) is 10.4.